The largest absolute Gasteiger partial charge is 0.341 e. The summed E-state index contributed by atoms with van der Waals surface area (Å²) < 4.78 is 48.0. The standard InChI is InChI=1S/C19H22F2N2O3S/c20-19(21)27(25,26)17-8-6-16(7-9-17)14-18(24)23(13-11-22)12-10-15-4-2-1-3-5-15/h1-9,19H,10-14,22H2. The van der Waals surface area contributed by atoms with Gasteiger partial charge in [0.05, 0.1) is 11.3 Å². The molecule has 0 unspecified atom stereocenters. The van der Waals surface area contributed by atoms with Crippen molar-refractivity contribution in [2.75, 3.05) is 19.6 Å². The molecule has 0 atom stereocenters. The van der Waals surface area contributed by atoms with E-state index < -0.39 is 20.5 Å². The number of carbonyl (C=O) groups excluding carboxylic acids is 1. The first kappa shape index (κ1) is 21.0. The first-order valence-corrected chi connectivity index (χ1v) is 10.0. The number of nitrogens with two attached hydrogens (primary N) is 1. The predicted octanol–water partition coefficient (Wildman–Crippen LogP) is 2.26. The number of nitrogens with zero attached hydrogens (tertiary/aromatic N) is 1. The molecule has 146 valence electrons. The van der Waals surface area contributed by atoms with Gasteiger partial charge in [-0.1, -0.05) is 42.5 Å². The van der Waals surface area contributed by atoms with E-state index in [0.717, 1.165) is 17.7 Å². The molecule has 0 saturated heterocycles. The summed E-state index contributed by atoms with van der Waals surface area (Å²) in [5.74, 6) is -3.62. The number of alkyl halides is 2. The van der Waals surface area contributed by atoms with Crippen molar-refractivity contribution in [2.45, 2.75) is 23.5 Å². The van der Waals surface area contributed by atoms with Gasteiger partial charge in [-0.3, -0.25) is 4.79 Å². The first-order chi connectivity index (χ1) is 12.8. The van der Waals surface area contributed by atoms with E-state index in [4.69, 9.17) is 5.73 Å². The molecule has 5 nitrogen and oxygen atoms in total. The van der Waals surface area contributed by atoms with E-state index in [0.29, 0.717) is 31.6 Å². The Hall–Kier alpha value is -2.32. The number of amides is 1. The molecule has 0 aliphatic rings. The highest BCUT2D eigenvalue weighted by molar-refractivity contribution is 7.91. The van der Waals surface area contributed by atoms with Crippen LogP contribution in [0.25, 0.3) is 0 Å². The molecule has 2 rings (SSSR count). The average Bonchev–Trinajstić information content (AvgIpc) is 2.66. The van der Waals surface area contributed by atoms with Crippen molar-refractivity contribution in [3.8, 4) is 0 Å². The second-order valence-electron chi connectivity index (χ2n) is 6.03. The molecule has 27 heavy (non-hydrogen) atoms. The van der Waals surface area contributed by atoms with Crippen LogP contribution in [-0.2, 0) is 27.5 Å². The summed E-state index contributed by atoms with van der Waals surface area (Å²) in [4.78, 5) is 13.7. The van der Waals surface area contributed by atoms with Crippen LogP contribution in [0.5, 0.6) is 0 Å². The van der Waals surface area contributed by atoms with Crippen molar-refractivity contribution in [3.05, 3.63) is 65.7 Å². The van der Waals surface area contributed by atoms with Crippen molar-refractivity contribution in [2.24, 2.45) is 5.73 Å². The monoisotopic (exact) mass is 396 g/mol. The van der Waals surface area contributed by atoms with Gasteiger partial charge in [0.1, 0.15) is 0 Å². The maximum absolute atomic E-state index is 12.6. The minimum atomic E-state index is -4.63. The highest BCUT2D eigenvalue weighted by atomic mass is 32.2. The molecule has 0 spiro atoms. The lowest BCUT2D eigenvalue weighted by molar-refractivity contribution is -0.130. The van der Waals surface area contributed by atoms with E-state index in [1.165, 1.54) is 12.1 Å². The summed E-state index contributed by atoms with van der Waals surface area (Å²) in [6.07, 6.45) is 0.738. The fraction of sp³-hybridized carbons (Fsp3) is 0.316. The van der Waals surface area contributed by atoms with Crippen molar-refractivity contribution < 1.29 is 22.0 Å². The Kier molecular flexibility index (Phi) is 7.44. The van der Waals surface area contributed by atoms with Crippen LogP contribution >= 0.6 is 0 Å². The average molecular weight is 396 g/mol. The quantitative estimate of drug-likeness (QED) is 0.705. The van der Waals surface area contributed by atoms with Crippen molar-refractivity contribution in [1.29, 1.82) is 0 Å². The molecular formula is C19H22F2N2O3S. The number of sulfone groups is 1. The molecule has 2 aromatic carbocycles. The third-order valence-corrected chi connectivity index (χ3v) is 5.51. The number of hydrogen-bond acceptors (Lipinski definition) is 4. The van der Waals surface area contributed by atoms with Gasteiger partial charge in [-0.2, -0.15) is 8.78 Å². The van der Waals surface area contributed by atoms with Gasteiger partial charge in [0.2, 0.25) is 15.7 Å². The van der Waals surface area contributed by atoms with Gasteiger partial charge >= 0.3 is 5.76 Å². The molecule has 0 saturated carbocycles. The Morgan fingerprint density at radius 1 is 0.963 bits per heavy atom. The Bertz CT molecular complexity index is 841. The molecular weight excluding hydrogens is 374 g/mol. The molecule has 8 heteroatoms. The lowest BCUT2D eigenvalue weighted by atomic mass is 10.1. The van der Waals surface area contributed by atoms with Gasteiger partial charge in [-0.25, -0.2) is 8.42 Å². The van der Waals surface area contributed by atoms with Crippen molar-refractivity contribution >= 4 is 15.7 Å². The van der Waals surface area contributed by atoms with Crippen LogP contribution in [0.1, 0.15) is 11.1 Å². The maximum Gasteiger partial charge on any atom is 0.341 e. The summed E-state index contributed by atoms with van der Waals surface area (Å²) >= 11 is 0. The normalized spacial score (nSPS) is 11.6. The molecule has 0 aliphatic carbocycles. The molecule has 0 bridgehead atoms. The summed E-state index contributed by atoms with van der Waals surface area (Å²) in [6, 6.07) is 14.7. The van der Waals surface area contributed by atoms with E-state index in [2.05, 4.69) is 0 Å². The number of rotatable bonds is 9. The number of carbonyl (C=O) groups is 1. The van der Waals surface area contributed by atoms with Crippen LogP contribution < -0.4 is 5.73 Å². The highest BCUT2D eigenvalue weighted by Crippen LogP contribution is 2.19. The molecule has 2 aromatic rings. The van der Waals surface area contributed by atoms with Gasteiger partial charge in [0, 0.05) is 19.6 Å². The van der Waals surface area contributed by atoms with Gasteiger partial charge in [-0.15, -0.1) is 0 Å². The molecule has 0 radical (unpaired) electrons. The Balaban J connectivity index is 2.02. The smallest absolute Gasteiger partial charge is 0.341 e. The zero-order chi connectivity index (χ0) is 19.9. The second kappa shape index (κ2) is 9.57. The van der Waals surface area contributed by atoms with Crippen molar-refractivity contribution in [1.82, 2.24) is 4.90 Å². The molecule has 0 fully saturated rings. The lowest BCUT2D eigenvalue weighted by Gasteiger charge is -2.22. The van der Waals surface area contributed by atoms with E-state index in [9.17, 15) is 22.0 Å². The summed E-state index contributed by atoms with van der Waals surface area (Å²) in [6.45, 7) is 1.24. The Labute approximate surface area is 157 Å². The highest BCUT2D eigenvalue weighted by Gasteiger charge is 2.26. The van der Waals surface area contributed by atoms with Gasteiger partial charge in [0.25, 0.3) is 0 Å². The van der Waals surface area contributed by atoms with Gasteiger partial charge in [-0.05, 0) is 29.7 Å². The van der Waals surface area contributed by atoms with Crippen LogP contribution in [0.4, 0.5) is 8.78 Å². The van der Waals surface area contributed by atoms with Crippen LogP contribution in [-0.4, -0.2) is 44.6 Å². The minimum Gasteiger partial charge on any atom is -0.341 e. The van der Waals surface area contributed by atoms with Gasteiger partial charge in [0.15, 0.2) is 0 Å². The van der Waals surface area contributed by atoms with Crippen LogP contribution in [0.15, 0.2) is 59.5 Å². The van der Waals surface area contributed by atoms with Gasteiger partial charge < -0.3 is 10.6 Å². The maximum atomic E-state index is 12.6. The molecule has 0 heterocycles. The second-order valence-corrected chi connectivity index (χ2v) is 7.95. The molecule has 0 aromatic heterocycles. The summed E-state index contributed by atoms with van der Waals surface area (Å²) in [5, 5.41) is 0. The molecule has 2 N–H and O–H groups in total. The topological polar surface area (TPSA) is 80.5 Å². The van der Waals surface area contributed by atoms with Crippen LogP contribution in [0, 0.1) is 0 Å². The Morgan fingerprint density at radius 2 is 1.59 bits per heavy atom. The first-order valence-electron chi connectivity index (χ1n) is 8.47. The van der Waals surface area contributed by atoms with Crippen LogP contribution in [0.2, 0.25) is 0 Å². The zero-order valence-electron chi connectivity index (χ0n) is 14.7. The summed E-state index contributed by atoms with van der Waals surface area (Å²) in [7, 11) is -4.63. The van der Waals surface area contributed by atoms with E-state index in [-0.39, 0.29) is 12.3 Å². The number of halogens is 2. The lowest BCUT2D eigenvalue weighted by Crippen LogP contribution is -2.37. The fourth-order valence-corrected chi connectivity index (χ4v) is 3.33. The predicted molar refractivity (Wildman–Crippen MR) is 99.1 cm³/mol. The number of hydrogen-bond donors (Lipinski definition) is 1. The van der Waals surface area contributed by atoms with E-state index >= 15 is 0 Å². The van der Waals surface area contributed by atoms with E-state index in [1.54, 1.807) is 4.90 Å². The summed E-state index contributed by atoms with van der Waals surface area (Å²) in [5.41, 5.74) is 7.25. The Morgan fingerprint density at radius 3 is 2.15 bits per heavy atom. The van der Waals surface area contributed by atoms with Crippen LogP contribution in [0.3, 0.4) is 0 Å². The fourth-order valence-electron chi connectivity index (χ4n) is 2.61. The van der Waals surface area contributed by atoms with Crippen molar-refractivity contribution in [3.63, 3.8) is 0 Å². The zero-order valence-corrected chi connectivity index (χ0v) is 15.5. The third kappa shape index (κ3) is 5.83. The molecule has 1 amide bonds. The SMILES string of the molecule is NCCN(CCc1ccccc1)C(=O)Cc1ccc(S(=O)(=O)C(F)F)cc1. The molecule has 0 aliphatic heterocycles. The number of benzene rings is 2. The minimum absolute atomic E-state index is 0.0454. The van der Waals surface area contributed by atoms with E-state index in [1.807, 2.05) is 30.3 Å². The third-order valence-electron chi connectivity index (χ3n) is 4.11.